The van der Waals surface area contributed by atoms with Crippen molar-refractivity contribution in [1.82, 2.24) is 10.9 Å². The highest BCUT2D eigenvalue weighted by Crippen LogP contribution is 2.28. The summed E-state index contributed by atoms with van der Waals surface area (Å²) in [6.45, 7) is 1.11. The van der Waals surface area contributed by atoms with Gasteiger partial charge in [-0.25, -0.2) is 5.43 Å². The van der Waals surface area contributed by atoms with Crippen molar-refractivity contribution in [3.8, 4) is 0 Å². The van der Waals surface area contributed by atoms with Crippen LogP contribution in [0.1, 0.15) is 32.1 Å². The molecule has 57 valence electrons. The first-order chi connectivity index (χ1) is 4.97. The van der Waals surface area contributed by atoms with Gasteiger partial charge in [-0.15, -0.1) is 0 Å². The number of rotatable bonds is 0. The summed E-state index contributed by atoms with van der Waals surface area (Å²) < 4.78 is 0. The molecule has 1 N–H and O–H groups in total. The number of hydrogen-bond donors (Lipinski definition) is 1. The molecule has 2 nitrogen and oxygen atoms in total. The topological polar surface area (TPSA) is 26.1 Å². The molecule has 2 aliphatic rings. The lowest BCUT2D eigenvalue weighted by atomic mass is 9.82. The molecule has 1 radical (unpaired) electrons. The van der Waals surface area contributed by atoms with Gasteiger partial charge in [0.25, 0.3) is 0 Å². The monoisotopic (exact) mass is 139 g/mol. The van der Waals surface area contributed by atoms with Gasteiger partial charge in [-0.3, -0.25) is 0 Å². The maximum Gasteiger partial charge on any atom is 0.0444 e. The van der Waals surface area contributed by atoms with E-state index in [2.05, 4.69) is 10.9 Å². The predicted octanol–water partition coefficient (Wildman–Crippen LogP) is 1.06. The lowest BCUT2D eigenvalue weighted by Gasteiger charge is -2.34. The van der Waals surface area contributed by atoms with Crippen LogP contribution in [-0.4, -0.2) is 12.6 Å². The van der Waals surface area contributed by atoms with Gasteiger partial charge < -0.3 is 0 Å². The Labute approximate surface area is 62.4 Å². The minimum atomic E-state index is 0.669. The summed E-state index contributed by atoms with van der Waals surface area (Å²) in [5, 5.41) is 0. The van der Waals surface area contributed by atoms with Crippen molar-refractivity contribution in [1.29, 1.82) is 0 Å². The highest BCUT2D eigenvalue weighted by Gasteiger charge is 2.27. The standard InChI is InChI=1S/C8H15N2/c1-2-4-8-7(3-1)5-6-9-10-8/h7-9H,1-6H2. The zero-order valence-corrected chi connectivity index (χ0v) is 6.34. The van der Waals surface area contributed by atoms with Gasteiger partial charge in [0.1, 0.15) is 0 Å². The smallest absolute Gasteiger partial charge is 0.0444 e. The summed E-state index contributed by atoms with van der Waals surface area (Å²) in [5.41, 5.74) is 7.51. The minimum Gasteiger partial charge on any atom is -0.240 e. The van der Waals surface area contributed by atoms with Crippen molar-refractivity contribution in [2.75, 3.05) is 6.54 Å². The number of hydrogen-bond acceptors (Lipinski definition) is 1. The van der Waals surface area contributed by atoms with E-state index in [1.165, 1.54) is 32.1 Å². The zero-order chi connectivity index (χ0) is 6.81. The average molecular weight is 139 g/mol. The molecular formula is C8H15N2. The van der Waals surface area contributed by atoms with Gasteiger partial charge in [0.2, 0.25) is 0 Å². The molecule has 1 aliphatic heterocycles. The normalized spacial score (nSPS) is 40.8. The average Bonchev–Trinajstić information content (AvgIpc) is 2.05. The van der Waals surface area contributed by atoms with E-state index in [1.807, 2.05) is 0 Å². The van der Waals surface area contributed by atoms with Gasteiger partial charge >= 0.3 is 0 Å². The van der Waals surface area contributed by atoms with E-state index in [4.69, 9.17) is 0 Å². The quantitative estimate of drug-likeness (QED) is 0.533. The summed E-state index contributed by atoms with van der Waals surface area (Å²) in [6, 6.07) is 0.669. The van der Waals surface area contributed by atoms with Gasteiger partial charge in [-0.1, -0.05) is 12.8 Å². The molecule has 0 aromatic rings. The van der Waals surface area contributed by atoms with Crippen LogP contribution in [0.25, 0.3) is 0 Å². The molecule has 2 atom stereocenters. The van der Waals surface area contributed by atoms with Crippen LogP contribution in [0, 0.1) is 5.92 Å². The molecule has 2 heteroatoms. The molecule has 1 aliphatic carbocycles. The van der Waals surface area contributed by atoms with Crippen LogP contribution in [-0.2, 0) is 0 Å². The second-order valence-corrected chi connectivity index (χ2v) is 3.44. The Hall–Kier alpha value is -0.0800. The Bertz CT molecular complexity index is 87.8. The summed E-state index contributed by atoms with van der Waals surface area (Å²) in [6.07, 6.45) is 6.95. The molecule has 10 heavy (non-hydrogen) atoms. The Morgan fingerprint density at radius 3 is 2.90 bits per heavy atom. The number of nitrogens with zero attached hydrogens (tertiary/aromatic N) is 1. The maximum absolute atomic E-state index is 4.40. The zero-order valence-electron chi connectivity index (χ0n) is 6.34. The maximum atomic E-state index is 4.40. The fourth-order valence-corrected chi connectivity index (χ4v) is 2.13. The Balaban J connectivity index is 1.93. The minimum absolute atomic E-state index is 0.669. The first kappa shape index (κ1) is 6.62. The second-order valence-electron chi connectivity index (χ2n) is 3.44. The van der Waals surface area contributed by atoms with Crippen molar-refractivity contribution in [3.63, 3.8) is 0 Å². The van der Waals surface area contributed by atoms with Crippen LogP contribution in [0.3, 0.4) is 0 Å². The van der Waals surface area contributed by atoms with Crippen molar-refractivity contribution in [2.45, 2.75) is 38.1 Å². The molecule has 1 saturated heterocycles. The summed E-state index contributed by atoms with van der Waals surface area (Å²) in [5.74, 6) is 0.926. The van der Waals surface area contributed by atoms with Crippen LogP contribution in [0.5, 0.6) is 0 Å². The molecule has 0 spiro atoms. The number of nitrogens with one attached hydrogen (secondary N) is 1. The Kier molecular flexibility index (Phi) is 1.91. The van der Waals surface area contributed by atoms with Crippen LogP contribution in [0.2, 0.25) is 0 Å². The molecule has 0 aromatic carbocycles. The first-order valence-electron chi connectivity index (χ1n) is 4.39. The third kappa shape index (κ3) is 1.18. The van der Waals surface area contributed by atoms with E-state index in [1.54, 1.807) is 0 Å². The molecular weight excluding hydrogens is 124 g/mol. The van der Waals surface area contributed by atoms with Crippen LogP contribution < -0.4 is 10.9 Å². The van der Waals surface area contributed by atoms with Gasteiger partial charge in [-0.2, -0.15) is 5.43 Å². The fourth-order valence-electron chi connectivity index (χ4n) is 2.13. The van der Waals surface area contributed by atoms with Gasteiger partial charge in [0, 0.05) is 12.6 Å². The molecule has 0 aromatic heterocycles. The van der Waals surface area contributed by atoms with Crippen LogP contribution in [0.15, 0.2) is 0 Å². The largest absolute Gasteiger partial charge is 0.240 e. The van der Waals surface area contributed by atoms with Gasteiger partial charge in [0.05, 0.1) is 0 Å². The van der Waals surface area contributed by atoms with Crippen molar-refractivity contribution >= 4 is 0 Å². The van der Waals surface area contributed by atoms with E-state index in [-0.39, 0.29) is 0 Å². The van der Waals surface area contributed by atoms with E-state index >= 15 is 0 Å². The molecule has 0 bridgehead atoms. The van der Waals surface area contributed by atoms with Crippen LogP contribution >= 0.6 is 0 Å². The Morgan fingerprint density at radius 1 is 1.10 bits per heavy atom. The molecule has 2 rings (SSSR count). The highest BCUT2D eigenvalue weighted by atomic mass is 15.4. The third-order valence-corrected chi connectivity index (χ3v) is 2.75. The molecule has 2 unspecified atom stereocenters. The summed E-state index contributed by atoms with van der Waals surface area (Å²) in [7, 11) is 0. The third-order valence-electron chi connectivity index (χ3n) is 2.75. The van der Waals surface area contributed by atoms with Gasteiger partial charge in [0.15, 0.2) is 0 Å². The predicted molar refractivity (Wildman–Crippen MR) is 40.5 cm³/mol. The first-order valence-corrected chi connectivity index (χ1v) is 4.39. The van der Waals surface area contributed by atoms with Crippen molar-refractivity contribution in [2.24, 2.45) is 5.92 Å². The van der Waals surface area contributed by atoms with E-state index in [0.717, 1.165) is 12.5 Å². The van der Waals surface area contributed by atoms with Crippen molar-refractivity contribution in [3.05, 3.63) is 0 Å². The Morgan fingerprint density at radius 2 is 2.00 bits per heavy atom. The fraction of sp³-hybridized carbons (Fsp3) is 1.00. The van der Waals surface area contributed by atoms with E-state index < -0.39 is 0 Å². The summed E-state index contributed by atoms with van der Waals surface area (Å²) >= 11 is 0. The molecule has 1 saturated carbocycles. The number of fused-ring (bicyclic) bond motifs is 1. The SMILES string of the molecule is C1CCC2[N]NCCC2C1. The van der Waals surface area contributed by atoms with Crippen LogP contribution in [0.4, 0.5) is 0 Å². The lowest BCUT2D eigenvalue weighted by Crippen LogP contribution is -2.46. The van der Waals surface area contributed by atoms with Gasteiger partial charge in [-0.05, 0) is 25.2 Å². The van der Waals surface area contributed by atoms with E-state index in [9.17, 15) is 0 Å². The molecule has 0 amide bonds. The highest BCUT2D eigenvalue weighted by molar-refractivity contribution is 4.82. The van der Waals surface area contributed by atoms with E-state index in [0.29, 0.717) is 6.04 Å². The second kappa shape index (κ2) is 2.89. The molecule has 1 heterocycles. The molecule has 2 fully saturated rings. The summed E-state index contributed by atoms with van der Waals surface area (Å²) in [4.78, 5) is 0. The lowest BCUT2D eigenvalue weighted by molar-refractivity contribution is 0.181. The van der Waals surface area contributed by atoms with Crippen molar-refractivity contribution < 1.29 is 0 Å².